The van der Waals surface area contributed by atoms with Gasteiger partial charge in [-0.15, -0.1) is 0 Å². The lowest BCUT2D eigenvalue weighted by Gasteiger charge is -2.27. The van der Waals surface area contributed by atoms with Gasteiger partial charge in [0.2, 0.25) is 10.0 Å². The third-order valence-corrected chi connectivity index (χ3v) is 5.38. The van der Waals surface area contributed by atoms with Crippen LogP contribution in [0.4, 0.5) is 0 Å². The number of sulfonamides is 1. The fourth-order valence-corrected chi connectivity index (χ4v) is 4.15. The molecule has 1 fully saturated rings. The Labute approximate surface area is 108 Å². The van der Waals surface area contributed by atoms with Gasteiger partial charge < -0.3 is 9.67 Å². The van der Waals surface area contributed by atoms with Gasteiger partial charge in [-0.25, -0.2) is 8.42 Å². The molecule has 1 unspecified atom stereocenters. The number of aryl methyl sites for hydroxylation is 1. The minimum Gasteiger partial charge on any atom is -0.395 e. The summed E-state index contributed by atoms with van der Waals surface area (Å²) in [5.41, 5.74) is 0. The molecule has 5 nitrogen and oxygen atoms in total. The second-order valence-corrected chi connectivity index (χ2v) is 6.70. The van der Waals surface area contributed by atoms with Crippen molar-refractivity contribution in [3.05, 3.63) is 18.5 Å². The highest BCUT2D eigenvalue weighted by atomic mass is 32.2. The second kappa shape index (κ2) is 5.42. The molecule has 2 heterocycles. The maximum atomic E-state index is 12.5. The van der Waals surface area contributed by atoms with Crippen molar-refractivity contribution >= 4 is 10.0 Å². The zero-order valence-electron chi connectivity index (χ0n) is 10.6. The van der Waals surface area contributed by atoms with Gasteiger partial charge in [-0.1, -0.05) is 12.8 Å². The fraction of sp³-hybridized carbons (Fsp3) is 0.667. The highest BCUT2D eigenvalue weighted by Crippen LogP contribution is 2.24. The summed E-state index contributed by atoms with van der Waals surface area (Å²) in [7, 11) is -1.68. The van der Waals surface area contributed by atoms with Crippen LogP contribution in [-0.2, 0) is 17.1 Å². The quantitative estimate of drug-likeness (QED) is 0.891. The summed E-state index contributed by atoms with van der Waals surface area (Å²) in [4.78, 5) is 0.311. The summed E-state index contributed by atoms with van der Waals surface area (Å²) in [5.74, 6) is 0. The molecule has 1 atom stereocenters. The van der Waals surface area contributed by atoms with Crippen molar-refractivity contribution in [2.75, 3.05) is 13.2 Å². The van der Waals surface area contributed by atoms with Gasteiger partial charge in [0.05, 0.1) is 11.5 Å². The molecule has 0 radical (unpaired) electrons. The van der Waals surface area contributed by atoms with E-state index in [1.54, 1.807) is 30.1 Å². The van der Waals surface area contributed by atoms with E-state index >= 15 is 0 Å². The molecule has 0 amide bonds. The van der Waals surface area contributed by atoms with E-state index in [4.69, 9.17) is 0 Å². The lowest BCUT2D eigenvalue weighted by Crippen LogP contribution is -2.41. The molecule has 0 saturated carbocycles. The largest absolute Gasteiger partial charge is 0.395 e. The van der Waals surface area contributed by atoms with Gasteiger partial charge in [0.25, 0.3) is 0 Å². The second-order valence-electron chi connectivity index (χ2n) is 4.81. The van der Waals surface area contributed by atoms with Crippen LogP contribution in [0, 0.1) is 0 Å². The Kier molecular flexibility index (Phi) is 4.09. The Balaban J connectivity index is 2.32. The van der Waals surface area contributed by atoms with E-state index in [0.717, 1.165) is 25.7 Å². The Morgan fingerprint density at radius 3 is 2.78 bits per heavy atom. The minimum atomic E-state index is -3.47. The van der Waals surface area contributed by atoms with Crippen LogP contribution >= 0.6 is 0 Å². The molecule has 6 heteroatoms. The molecule has 0 aromatic carbocycles. The summed E-state index contributed by atoms with van der Waals surface area (Å²) in [6, 6.07) is 1.33. The molecule has 2 rings (SSSR count). The topological polar surface area (TPSA) is 62.5 Å². The third-order valence-electron chi connectivity index (χ3n) is 3.45. The van der Waals surface area contributed by atoms with Gasteiger partial charge in [0.15, 0.2) is 0 Å². The number of aliphatic hydroxyl groups excluding tert-OH is 1. The van der Waals surface area contributed by atoms with E-state index in [0.29, 0.717) is 11.4 Å². The Bertz CT molecular complexity index is 495. The molecule has 102 valence electrons. The van der Waals surface area contributed by atoms with E-state index < -0.39 is 10.0 Å². The van der Waals surface area contributed by atoms with Crippen LogP contribution in [0.1, 0.15) is 25.7 Å². The van der Waals surface area contributed by atoms with Crippen LogP contribution in [-0.4, -0.2) is 41.6 Å². The fourth-order valence-electron chi connectivity index (χ4n) is 2.42. The van der Waals surface area contributed by atoms with Gasteiger partial charge in [0.1, 0.15) is 0 Å². The molecule has 0 aliphatic carbocycles. The maximum Gasteiger partial charge on any atom is 0.244 e. The monoisotopic (exact) mass is 272 g/mol. The van der Waals surface area contributed by atoms with Crippen LogP contribution in [0.3, 0.4) is 0 Å². The van der Waals surface area contributed by atoms with E-state index in [-0.39, 0.29) is 12.6 Å². The highest BCUT2D eigenvalue weighted by molar-refractivity contribution is 7.89. The molecule has 1 saturated heterocycles. The molecule has 18 heavy (non-hydrogen) atoms. The number of rotatable bonds is 3. The van der Waals surface area contributed by atoms with E-state index in [9.17, 15) is 13.5 Å². The van der Waals surface area contributed by atoms with Crippen LogP contribution in [0.2, 0.25) is 0 Å². The van der Waals surface area contributed by atoms with Crippen molar-refractivity contribution in [1.82, 2.24) is 8.87 Å². The van der Waals surface area contributed by atoms with Crippen molar-refractivity contribution < 1.29 is 13.5 Å². The van der Waals surface area contributed by atoms with Gasteiger partial charge >= 0.3 is 0 Å². The SMILES string of the molecule is Cn1ccc(S(=O)(=O)N2CCCCCC2CO)c1. The molecule has 1 aromatic rings. The van der Waals surface area contributed by atoms with Crippen molar-refractivity contribution in [2.45, 2.75) is 36.6 Å². The predicted molar refractivity (Wildman–Crippen MR) is 68.6 cm³/mol. The lowest BCUT2D eigenvalue weighted by molar-refractivity contribution is 0.186. The molecule has 1 aliphatic heterocycles. The van der Waals surface area contributed by atoms with Crippen molar-refractivity contribution in [3.8, 4) is 0 Å². The zero-order chi connectivity index (χ0) is 13.2. The lowest BCUT2D eigenvalue weighted by atomic mass is 10.1. The molecule has 1 aromatic heterocycles. The molecule has 0 spiro atoms. The first kappa shape index (κ1) is 13.6. The van der Waals surface area contributed by atoms with Crippen molar-refractivity contribution in [2.24, 2.45) is 7.05 Å². The van der Waals surface area contributed by atoms with E-state index in [2.05, 4.69) is 0 Å². The Hall–Kier alpha value is -0.850. The molecule has 1 aliphatic rings. The summed E-state index contributed by atoms with van der Waals surface area (Å²) < 4.78 is 28.2. The van der Waals surface area contributed by atoms with E-state index in [1.807, 2.05) is 0 Å². The summed E-state index contributed by atoms with van der Waals surface area (Å²) in [5, 5.41) is 9.39. The average molecular weight is 272 g/mol. The smallest absolute Gasteiger partial charge is 0.244 e. The number of aromatic nitrogens is 1. The van der Waals surface area contributed by atoms with Gasteiger partial charge in [-0.3, -0.25) is 0 Å². The molecular weight excluding hydrogens is 252 g/mol. The number of hydrogen-bond donors (Lipinski definition) is 1. The van der Waals surface area contributed by atoms with Gasteiger partial charge in [0, 0.05) is 32.0 Å². The maximum absolute atomic E-state index is 12.5. The number of aliphatic hydroxyl groups is 1. The van der Waals surface area contributed by atoms with Crippen LogP contribution < -0.4 is 0 Å². The van der Waals surface area contributed by atoms with Gasteiger partial charge in [-0.2, -0.15) is 4.31 Å². The van der Waals surface area contributed by atoms with Crippen LogP contribution in [0.25, 0.3) is 0 Å². The van der Waals surface area contributed by atoms with Crippen molar-refractivity contribution in [1.29, 1.82) is 0 Å². The first-order valence-electron chi connectivity index (χ1n) is 6.30. The average Bonchev–Trinajstić information content (AvgIpc) is 2.65. The summed E-state index contributed by atoms with van der Waals surface area (Å²) >= 11 is 0. The van der Waals surface area contributed by atoms with E-state index in [1.165, 1.54) is 4.31 Å². The normalized spacial score (nSPS) is 22.9. The number of nitrogens with zero attached hydrogens (tertiary/aromatic N) is 2. The minimum absolute atomic E-state index is 0.105. The summed E-state index contributed by atoms with van der Waals surface area (Å²) in [6.07, 6.45) is 6.93. The van der Waals surface area contributed by atoms with Crippen LogP contribution in [0.15, 0.2) is 23.4 Å². The number of hydrogen-bond acceptors (Lipinski definition) is 3. The molecular formula is C12H20N2O3S. The first-order valence-corrected chi connectivity index (χ1v) is 7.74. The molecule has 1 N–H and O–H groups in total. The summed E-state index contributed by atoms with van der Waals surface area (Å²) in [6.45, 7) is 0.397. The van der Waals surface area contributed by atoms with Crippen molar-refractivity contribution in [3.63, 3.8) is 0 Å². The Morgan fingerprint density at radius 2 is 2.17 bits per heavy atom. The zero-order valence-corrected chi connectivity index (χ0v) is 11.4. The van der Waals surface area contributed by atoms with Crippen LogP contribution in [0.5, 0.6) is 0 Å². The molecule has 0 bridgehead atoms. The highest BCUT2D eigenvalue weighted by Gasteiger charge is 2.32. The first-order chi connectivity index (χ1) is 8.55. The standard InChI is InChI=1S/C12H20N2O3S/c1-13-8-6-12(9-13)18(16,17)14-7-4-2-3-5-11(14)10-15/h6,8-9,11,15H,2-5,7,10H2,1H3. The predicted octanol–water partition coefficient (Wildman–Crippen LogP) is 0.951. The van der Waals surface area contributed by atoms with Gasteiger partial charge in [-0.05, 0) is 18.9 Å². The third kappa shape index (κ3) is 2.60. The Morgan fingerprint density at radius 1 is 1.39 bits per heavy atom.